The van der Waals surface area contributed by atoms with Gasteiger partial charge in [-0.3, -0.25) is 0 Å². The molecular weight excluding hydrogens is 398 g/mol. The molecule has 0 amide bonds. The van der Waals surface area contributed by atoms with E-state index in [0.717, 1.165) is 3.57 Å². The average Bonchev–Trinajstić information content (AvgIpc) is 2.03. The summed E-state index contributed by atoms with van der Waals surface area (Å²) < 4.78 is 4.70. The molecule has 0 aliphatic heterocycles. The lowest BCUT2D eigenvalue weighted by Gasteiger charge is -1.98. The van der Waals surface area contributed by atoms with Crippen molar-refractivity contribution < 1.29 is 14.3 Å². The van der Waals surface area contributed by atoms with Gasteiger partial charge >= 0.3 is 9.95 Å². The van der Waals surface area contributed by atoms with E-state index in [-0.39, 0.29) is 0 Å². The summed E-state index contributed by atoms with van der Waals surface area (Å²) in [6.07, 6.45) is 0. The first kappa shape index (κ1) is 10.9. The zero-order valence-electron chi connectivity index (χ0n) is 6.29. The van der Waals surface area contributed by atoms with Gasteiger partial charge in [-0.05, 0) is 40.8 Å². The third kappa shape index (κ3) is 3.59. The number of benzene rings is 1. The minimum Gasteiger partial charge on any atom is -0.382 e. The van der Waals surface area contributed by atoms with Gasteiger partial charge in [0.15, 0.2) is 0 Å². The van der Waals surface area contributed by atoms with E-state index in [1.54, 1.807) is 18.2 Å². The molecule has 0 N–H and O–H groups in total. The summed E-state index contributed by atoms with van der Waals surface area (Å²) in [6, 6.07) is 6.84. The van der Waals surface area contributed by atoms with Crippen LogP contribution in [0.15, 0.2) is 24.3 Å². The zero-order valence-corrected chi connectivity index (χ0v) is 10.6. The molecule has 0 atom stereocenters. The third-order valence-electron chi connectivity index (χ3n) is 1.23. The van der Waals surface area contributed by atoms with Crippen LogP contribution < -0.4 is 0 Å². The summed E-state index contributed by atoms with van der Waals surface area (Å²) in [5.41, 5.74) is 0.386. The highest BCUT2D eigenvalue weighted by molar-refractivity contribution is 14.1. The molecule has 0 saturated heterocycles. The highest BCUT2D eigenvalue weighted by Gasteiger charge is 2.09. The van der Waals surface area contributed by atoms with Crippen LogP contribution >= 0.6 is 45.2 Å². The molecule has 1 rings (SSSR count). The van der Waals surface area contributed by atoms with Crippen LogP contribution in [0.25, 0.3) is 0 Å². The summed E-state index contributed by atoms with van der Waals surface area (Å²) in [4.78, 5) is 21.6. The molecule has 1 aromatic carbocycles. The fraction of sp³-hybridized carbons (Fsp3) is 0. The highest BCUT2D eigenvalue weighted by atomic mass is 127. The van der Waals surface area contributed by atoms with E-state index in [0.29, 0.717) is 5.56 Å². The summed E-state index contributed by atoms with van der Waals surface area (Å²) in [5.74, 6) is -0.613. The minimum atomic E-state index is -0.624. The van der Waals surface area contributed by atoms with Crippen molar-refractivity contribution in [2.45, 2.75) is 0 Å². The molecule has 0 radical (unpaired) electrons. The molecule has 3 nitrogen and oxygen atoms in total. The standard InChI is InChI=1S/C8H4I2O3/c9-6-3-1-2-5(4-6)7(11)13-8(10)12/h1-4H. The molecule has 0 aliphatic carbocycles. The first-order valence-electron chi connectivity index (χ1n) is 3.27. The van der Waals surface area contributed by atoms with Crippen LogP contribution in [0.2, 0.25) is 0 Å². The monoisotopic (exact) mass is 402 g/mol. The molecule has 13 heavy (non-hydrogen) atoms. The number of esters is 1. The van der Waals surface area contributed by atoms with Crippen LogP contribution in [-0.2, 0) is 4.74 Å². The molecule has 0 saturated carbocycles. The van der Waals surface area contributed by atoms with Gasteiger partial charge in [0.1, 0.15) is 0 Å². The third-order valence-corrected chi connectivity index (χ3v) is 2.12. The van der Waals surface area contributed by atoms with Crippen molar-refractivity contribution in [3.63, 3.8) is 0 Å². The Morgan fingerprint density at radius 2 is 2.00 bits per heavy atom. The number of rotatable bonds is 1. The number of hydrogen-bond donors (Lipinski definition) is 0. The molecule has 68 valence electrons. The molecule has 0 unspecified atom stereocenters. The predicted octanol–water partition coefficient (Wildman–Crippen LogP) is 3.00. The number of carbonyl (C=O) groups is 2. The number of hydrogen-bond acceptors (Lipinski definition) is 3. The van der Waals surface area contributed by atoms with Gasteiger partial charge in [-0.25, -0.2) is 9.59 Å². The normalized spacial score (nSPS) is 9.38. The summed E-state index contributed by atoms with van der Waals surface area (Å²) >= 11 is 3.49. The fourth-order valence-electron chi connectivity index (χ4n) is 0.747. The second-order valence-electron chi connectivity index (χ2n) is 2.14. The van der Waals surface area contributed by atoms with Gasteiger partial charge in [-0.1, -0.05) is 6.07 Å². The predicted molar refractivity (Wildman–Crippen MR) is 64.0 cm³/mol. The largest absolute Gasteiger partial charge is 0.382 e. The van der Waals surface area contributed by atoms with Crippen LogP contribution in [0.4, 0.5) is 4.79 Å². The van der Waals surface area contributed by atoms with E-state index in [4.69, 9.17) is 0 Å². The summed E-state index contributed by atoms with van der Waals surface area (Å²) in [6.45, 7) is 0. The zero-order chi connectivity index (χ0) is 9.84. The van der Waals surface area contributed by atoms with E-state index in [1.165, 1.54) is 22.6 Å². The second-order valence-corrected chi connectivity index (χ2v) is 4.26. The highest BCUT2D eigenvalue weighted by Crippen LogP contribution is 2.09. The Bertz CT molecular complexity index is 349. The van der Waals surface area contributed by atoms with Gasteiger partial charge in [0.05, 0.1) is 28.2 Å². The minimum absolute atomic E-state index is 0.386. The van der Waals surface area contributed by atoms with Crippen molar-refractivity contribution in [2.75, 3.05) is 0 Å². The molecule has 0 spiro atoms. The van der Waals surface area contributed by atoms with Gasteiger partial charge in [-0.15, -0.1) is 0 Å². The maximum Gasteiger partial charge on any atom is 0.374 e. The topological polar surface area (TPSA) is 43.4 Å². The molecule has 0 heterocycles. The van der Waals surface area contributed by atoms with Crippen LogP contribution in [0.5, 0.6) is 0 Å². The first-order valence-corrected chi connectivity index (χ1v) is 5.42. The van der Waals surface area contributed by atoms with E-state index < -0.39 is 9.95 Å². The maximum atomic E-state index is 11.2. The average molecular weight is 402 g/mol. The number of ether oxygens (including phenoxy) is 1. The molecule has 1 aromatic rings. The Morgan fingerprint density at radius 1 is 1.31 bits per heavy atom. The SMILES string of the molecule is O=C(I)OC(=O)c1cccc(I)c1. The van der Waals surface area contributed by atoms with Crippen molar-refractivity contribution in [2.24, 2.45) is 0 Å². The molecule has 5 heteroatoms. The Balaban J connectivity index is 2.83. The first-order chi connectivity index (χ1) is 6.09. The van der Waals surface area contributed by atoms with Crippen molar-refractivity contribution in [3.05, 3.63) is 33.4 Å². The van der Waals surface area contributed by atoms with Gasteiger partial charge in [0.25, 0.3) is 0 Å². The lowest BCUT2D eigenvalue weighted by atomic mass is 10.2. The quantitative estimate of drug-likeness (QED) is 0.314. The molecule has 0 aliphatic rings. The Morgan fingerprint density at radius 3 is 2.54 bits per heavy atom. The molecular formula is C8H4I2O3. The van der Waals surface area contributed by atoms with Crippen molar-refractivity contribution in [1.82, 2.24) is 0 Å². The van der Waals surface area contributed by atoms with Crippen LogP contribution in [0.1, 0.15) is 10.4 Å². The van der Waals surface area contributed by atoms with Crippen molar-refractivity contribution in [1.29, 1.82) is 0 Å². The lowest BCUT2D eigenvalue weighted by Crippen LogP contribution is -2.06. The Kier molecular flexibility index (Phi) is 4.10. The number of halogens is 2. The van der Waals surface area contributed by atoms with Gasteiger partial charge in [0, 0.05) is 3.57 Å². The summed E-state index contributed by atoms with van der Waals surface area (Å²) in [5, 5.41) is 0. The smallest absolute Gasteiger partial charge is 0.374 e. The number of carbonyl (C=O) groups excluding carboxylic acids is 2. The fourth-order valence-corrected chi connectivity index (χ4v) is 1.49. The van der Waals surface area contributed by atoms with Crippen LogP contribution in [-0.4, -0.2) is 9.95 Å². The lowest BCUT2D eigenvalue weighted by molar-refractivity contribution is 0.0669. The van der Waals surface area contributed by atoms with Crippen LogP contribution in [0.3, 0.4) is 0 Å². The van der Waals surface area contributed by atoms with E-state index >= 15 is 0 Å². The maximum absolute atomic E-state index is 11.2. The molecule has 0 fully saturated rings. The van der Waals surface area contributed by atoms with E-state index in [1.807, 2.05) is 6.07 Å². The Labute approximate surface area is 102 Å². The Hall–Kier alpha value is -0.180. The molecule has 0 bridgehead atoms. The van der Waals surface area contributed by atoms with Gasteiger partial charge in [-0.2, -0.15) is 0 Å². The van der Waals surface area contributed by atoms with Gasteiger partial charge in [0.2, 0.25) is 0 Å². The van der Waals surface area contributed by atoms with Crippen molar-refractivity contribution >= 4 is 55.1 Å². The second kappa shape index (κ2) is 4.89. The molecule has 0 aromatic heterocycles. The van der Waals surface area contributed by atoms with E-state index in [2.05, 4.69) is 27.3 Å². The van der Waals surface area contributed by atoms with Crippen molar-refractivity contribution in [3.8, 4) is 0 Å². The van der Waals surface area contributed by atoms with E-state index in [9.17, 15) is 9.59 Å². The van der Waals surface area contributed by atoms with Gasteiger partial charge < -0.3 is 4.74 Å². The summed E-state index contributed by atoms with van der Waals surface area (Å²) in [7, 11) is 0. The van der Waals surface area contributed by atoms with Crippen LogP contribution in [0, 0.1) is 3.57 Å².